The number of rotatable bonds is 6. The first-order valence-corrected chi connectivity index (χ1v) is 9.39. The van der Waals surface area contributed by atoms with E-state index < -0.39 is 0 Å². The van der Waals surface area contributed by atoms with E-state index in [9.17, 15) is 4.79 Å². The van der Waals surface area contributed by atoms with Crippen LogP contribution >= 0.6 is 11.8 Å². The fourth-order valence-electron chi connectivity index (χ4n) is 2.96. The minimum atomic E-state index is 0.0817. The highest BCUT2D eigenvalue weighted by atomic mass is 32.2. The quantitative estimate of drug-likeness (QED) is 0.803. The smallest absolute Gasteiger partial charge is 0.225 e. The van der Waals surface area contributed by atoms with E-state index in [1.54, 1.807) is 11.8 Å². The number of thioether (sulfide) groups is 1. The third-order valence-electron chi connectivity index (χ3n) is 4.62. The van der Waals surface area contributed by atoms with Crippen LogP contribution in [0.1, 0.15) is 36.2 Å². The van der Waals surface area contributed by atoms with Crippen molar-refractivity contribution in [1.29, 1.82) is 0 Å². The molecule has 0 atom stereocenters. The Morgan fingerprint density at radius 2 is 2.21 bits per heavy atom. The van der Waals surface area contributed by atoms with Gasteiger partial charge < -0.3 is 10.2 Å². The first kappa shape index (κ1) is 17.1. The van der Waals surface area contributed by atoms with Gasteiger partial charge in [-0.2, -0.15) is 5.10 Å². The maximum atomic E-state index is 12.2. The molecule has 6 nitrogen and oxygen atoms in total. The van der Waals surface area contributed by atoms with Crippen LogP contribution in [0, 0.1) is 20.8 Å². The minimum absolute atomic E-state index is 0.0817. The van der Waals surface area contributed by atoms with Crippen molar-refractivity contribution in [3.8, 4) is 0 Å². The number of fused-ring (bicyclic) bond motifs is 1. The van der Waals surface area contributed by atoms with Gasteiger partial charge in [0.05, 0.1) is 12.1 Å². The van der Waals surface area contributed by atoms with Crippen LogP contribution in [0.5, 0.6) is 0 Å². The van der Waals surface area contributed by atoms with E-state index in [-0.39, 0.29) is 5.91 Å². The van der Waals surface area contributed by atoms with Crippen molar-refractivity contribution in [3.05, 3.63) is 28.1 Å². The van der Waals surface area contributed by atoms with Gasteiger partial charge in [0.1, 0.15) is 0 Å². The summed E-state index contributed by atoms with van der Waals surface area (Å²) in [6.45, 7) is 9.61. The molecule has 0 unspecified atom stereocenters. The molecule has 1 aromatic heterocycles. The van der Waals surface area contributed by atoms with Crippen molar-refractivity contribution in [2.24, 2.45) is 4.99 Å². The number of nitrogens with one attached hydrogen (secondary N) is 1. The zero-order valence-corrected chi connectivity index (χ0v) is 15.4. The SMILES string of the molecule is Cc1nn(CCCNC(=O)CC2=CSC3=NCCCN23)c(C)c1C. The second-order valence-corrected chi connectivity index (χ2v) is 7.13. The summed E-state index contributed by atoms with van der Waals surface area (Å²) in [6.07, 6.45) is 2.38. The number of hydrogen-bond donors (Lipinski definition) is 1. The first-order valence-electron chi connectivity index (χ1n) is 8.51. The Balaban J connectivity index is 1.41. The minimum Gasteiger partial charge on any atom is -0.356 e. The van der Waals surface area contributed by atoms with Crippen LogP contribution in [0.2, 0.25) is 0 Å². The largest absolute Gasteiger partial charge is 0.356 e. The number of hydrogen-bond acceptors (Lipinski definition) is 5. The molecule has 3 rings (SSSR count). The van der Waals surface area contributed by atoms with Crippen molar-refractivity contribution >= 4 is 22.8 Å². The highest BCUT2D eigenvalue weighted by molar-refractivity contribution is 8.16. The molecule has 0 spiro atoms. The van der Waals surface area contributed by atoms with Crippen LogP contribution in [0.3, 0.4) is 0 Å². The molecule has 2 aliphatic heterocycles. The van der Waals surface area contributed by atoms with Gasteiger partial charge in [-0.15, -0.1) is 0 Å². The van der Waals surface area contributed by atoms with Gasteiger partial charge in [-0.1, -0.05) is 11.8 Å². The van der Waals surface area contributed by atoms with E-state index >= 15 is 0 Å². The van der Waals surface area contributed by atoms with Crippen LogP contribution in [0.15, 0.2) is 16.1 Å². The van der Waals surface area contributed by atoms with Crippen molar-refractivity contribution in [1.82, 2.24) is 20.0 Å². The Kier molecular flexibility index (Phi) is 5.28. The number of carbonyl (C=O) groups excluding carboxylic acids is 1. The predicted molar refractivity (Wildman–Crippen MR) is 98.0 cm³/mol. The van der Waals surface area contributed by atoms with Crippen molar-refractivity contribution in [3.63, 3.8) is 0 Å². The van der Waals surface area contributed by atoms with Crippen LogP contribution in [-0.4, -0.2) is 45.4 Å². The van der Waals surface area contributed by atoms with Crippen LogP contribution in [0.25, 0.3) is 0 Å². The predicted octanol–water partition coefficient (Wildman–Crippen LogP) is 2.35. The van der Waals surface area contributed by atoms with E-state index in [1.165, 1.54) is 11.3 Å². The molecule has 0 fully saturated rings. The molecule has 0 radical (unpaired) electrons. The summed E-state index contributed by atoms with van der Waals surface area (Å²) in [5.41, 5.74) is 4.62. The molecule has 1 amide bonds. The second kappa shape index (κ2) is 7.42. The lowest BCUT2D eigenvalue weighted by atomic mass is 10.2. The summed E-state index contributed by atoms with van der Waals surface area (Å²) in [5, 5.41) is 10.6. The van der Waals surface area contributed by atoms with Crippen molar-refractivity contribution in [2.75, 3.05) is 19.6 Å². The number of aromatic nitrogens is 2. The molecule has 0 saturated heterocycles. The van der Waals surface area contributed by atoms with Gasteiger partial charge in [-0.3, -0.25) is 14.5 Å². The molecule has 0 aromatic carbocycles. The molecule has 7 heteroatoms. The lowest BCUT2D eigenvalue weighted by Crippen LogP contribution is -2.33. The molecule has 3 heterocycles. The molecule has 0 saturated carbocycles. The molecule has 130 valence electrons. The second-order valence-electron chi connectivity index (χ2n) is 6.30. The molecule has 0 aliphatic carbocycles. The van der Waals surface area contributed by atoms with Gasteiger partial charge in [0.25, 0.3) is 0 Å². The molecular weight excluding hydrogens is 322 g/mol. The van der Waals surface area contributed by atoms with E-state index in [0.717, 1.165) is 49.0 Å². The van der Waals surface area contributed by atoms with Gasteiger partial charge in [-0.05, 0) is 44.6 Å². The van der Waals surface area contributed by atoms with Gasteiger partial charge in [0, 0.05) is 37.6 Å². The summed E-state index contributed by atoms with van der Waals surface area (Å²) in [4.78, 5) is 18.8. The van der Waals surface area contributed by atoms with Gasteiger partial charge >= 0.3 is 0 Å². The normalized spacial score (nSPS) is 16.7. The van der Waals surface area contributed by atoms with Gasteiger partial charge in [0.2, 0.25) is 5.91 Å². The maximum Gasteiger partial charge on any atom is 0.225 e. The van der Waals surface area contributed by atoms with Crippen LogP contribution in [0.4, 0.5) is 0 Å². The maximum absolute atomic E-state index is 12.2. The standard InChI is InChI=1S/C17H25N5OS/c1-12-13(2)20-22(14(12)3)9-5-6-18-16(23)10-15-11-24-17-19-7-4-8-21(15)17/h11H,4-10H2,1-3H3,(H,18,23). The lowest BCUT2D eigenvalue weighted by molar-refractivity contribution is -0.120. The molecular formula is C17H25N5OS. The Hall–Kier alpha value is -1.76. The van der Waals surface area contributed by atoms with E-state index in [0.29, 0.717) is 13.0 Å². The number of aryl methyl sites for hydroxylation is 2. The molecule has 1 N–H and O–H groups in total. The van der Waals surface area contributed by atoms with Crippen molar-refractivity contribution in [2.45, 2.75) is 46.6 Å². The number of amides is 1. The average Bonchev–Trinajstić information content (AvgIpc) is 3.09. The number of amidine groups is 1. The highest BCUT2D eigenvalue weighted by Gasteiger charge is 2.25. The summed E-state index contributed by atoms with van der Waals surface area (Å²) >= 11 is 1.63. The third-order valence-corrected chi connectivity index (χ3v) is 5.57. The monoisotopic (exact) mass is 347 g/mol. The first-order chi connectivity index (χ1) is 11.6. The van der Waals surface area contributed by atoms with Gasteiger partial charge in [-0.25, -0.2) is 0 Å². The number of aliphatic imine (C=N–C) groups is 1. The Morgan fingerprint density at radius 3 is 2.96 bits per heavy atom. The van der Waals surface area contributed by atoms with E-state index in [1.807, 2.05) is 11.6 Å². The van der Waals surface area contributed by atoms with Crippen LogP contribution in [-0.2, 0) is 11.3 Å². The Morgan fingerprint density at radius 1 is 1.38 bits per heavy atom. The third kappa shape index (κ3) is 3.66. The van der Waals surface area contributed by atoms with E-state index in [2.05, 4.69) is 39.6 Å². The topological polar surface area (TPSA) is 62.5 Å². The lowest BCUT2D eigenvalue weighted by Gasteiger charge is -2.25. The zero-order valence-electron chi connectivity index (χ0n) is 14.6. The summed E-state index contributed by atoms with van der Waals surface area (Å²) < 4.78 is 2.03. The zero-order chi connectivity index (χ0) is 17.1. The average molecular weight is 347 g/mol. The summed E-state index contributed by atoms with van der Waals surface area (Å²) in [7, 11) is 0. The van der Waals surface area contributed by atoms with E-state index in [4.69, 9.17) is 0 Å². The summed E-state index contributed by atoms with van der Waals surface area (Å²) in [5.74, 6) is 0.0817. The fraction of sp³-hybridized carbons (Fsp3) is 0.588. The number of nitrogens with zero attached hydrogens (tertiary/aromatic N) is 4. The number of carbonyl (C=O) groups is 1. The Labute approximate surface area is 147 Å². The van der Waals surface area contributed by atoms with Crippen LogP contribution < -0.4 is 5.32 Å². The molecule has 24 heavy (non-hydrogen) atoms. The fourth-order valence-corrected chi connectivity index (χ4v) is 3.91. The Bertz CT molecular complexity index is 691. The van der Waals surface area contributed by atoms with Gasteiger partial charge in [0.15, 0.2) is 5.17 Å². The molecule has 0 bridgehead atoms. The molecule has 2 aliphatic rings. The van der Waals surface area contributed by atoms with Crippen molar-refractivity contribution < 1.29 is 4.79 Å². The highest BCUT2D eigenvalue weighted by Crippen LogP contribution is 2.30. The molecule has 1 aromatic rings. The summed E-state index contributed by atoms with van der Waals surface area (Å²) in [6, 6.07) is 0.